The number of nitrogens with zero attached hydrogens (tertiary/aromatic N) is 2. The van der Waals surface area contributed by atoms with Crippen molar-refractivity contribution in [1.29, 1.82) is 0 Å². The number of fused-ring (bicyclic) bond motifs is 1. The molecule has 0 aliphatic heterocycles. The van der Waals surface area contributed by atoms with Crippen LogP contribution < -0.4 is 10.9 Å². The molecule has 1 amide bonds. The van der Waals surface area contributed by atoms with Gasteiger partial charge in [-0.1, -0.05) is 36.9 Å². The third-order valence-corrected chi connectivity index (χ3v) is 6.65. The van der Waals surface area contributed by atoms with Crippen LogP contribution >= 0.6 is 23.1 Å². The standard InChI is InChI=1S/C20H23N3O2S2/c1-5-14-9-7-8-10-15(14)21-16(24)11-26-20-22-18-17(12(3)13(4)27-18)19(25)23(20)6-2/h7-10H,5-6,11H2,1-4H3,(H,21,24). The first-order valence-electron chi connectivity index (χ1n) is 8.97. The van der Waals surface area contributed by atoms with Crippen molar-refractivity contribution >= 4 is 44.9 Å². The van der Waals surface area contributed by atoms with E-state index in [1.807, 2.05) is 45.0 Å². The van der Waals surface area contributed by atoms with Crippen LogP contribution in [0.15, 0.2) is 34.2 Å². The first-order chi connectivity index (χ1) is 13.0. The molecule has 2 aromatic heterocycles. The van der Waals surface area contributed by atoms with E-state index in [0.717, 1.165) is 32.9 Å². The van der Waals surface area contributed by atoms with Crippen LogP contribution in [0.2, 0.25) is 0 Å². The van der Waals surface area contributed by atoms with E-state index in [9.17, 15) is 9.59 Å². The SMILES string of the molecule is CCc1ccccc1NC(=O)CSc1nc2sc(C)c(C)c2c(=O)n1CC. The number of nitrogens with one attached hydrogen (secondary N) is 1. The largest absolute Gasteiger partial charge is 0.325 e. The molecule has 0 atom stereocenters. The summed E-state index contributed by atoms with van der Waals surface area (Å²) in [5, 5.41) is 4.25. The number of anilines is 1. The Kier molecular flexibility index (Phi) is 6.01. The summed E-state index contributed by atoms with van der Waals surface area (Å²) in [5.41, 5.74) is 2.92. The molecule has 0 saturated carbocycles. The minimum absolute atomic E-state index is 0.0245. The van der Waals surface area contributed by atoms with E-state index in [4.69, 9.17) is 0 Å². The Morgan fingerprint density at radius 1 is 1.26 bits per heavy atom. The Morgan fingerprint density at radius 2 is 2.00 bits per heavy atom. The molecule has 0 aliphatic rings. The van der Waals surface area contributed by atoms with Gasteiger partial charge < -0.3 is 5.32 Å². The summed E-state index contributed by atoms with van der Waals surface area (Å²) in [7, 11) is 0. The van der Waals surface area contributed by atoms with Crippen LogP contribution in [0.5, 0.6) is 0 Å². The number of hydrogen-bond donors (Lipinski definition) is 1. The number of carbonyl (C=O) groups excluding carboxylic acids is 1. The molecule has 1 N–H and O–H groups in total. The molecule has 0 fully saturated rings. The molecule has 0 radical (unpaired) electrons. The maximum Gasteiger partial charge on any atom is 0.263 e. The number of hydrogen-bond acceptors (Lipinski definition) is 5. The number of thiophene rings is 1. The lowest BCUT2D eigenvalue weighted by molar-refractivity contribution is -0.113. The Labute approximate surface area is 166 Å². The highest BCUT2D eigenvalue weighted by molar-refractivity contribution is 7.99. The highest BCUT2D eigenvalue weighted by atomic mass is 32.2. The van der Waals surface area contributed by atoms with Crippen molar-refractivity contribution in [1.82, 2.24) is 9.55 Å². The average Bonchev–Trinajstić information content (AvgIpc) is 2.94. The average molecular weight is 402 g/mol. The molecule has 0 aliphatic carbocycles. The number of carbonyl (C=O) groups is 1. The zero-order valence-corrected chi connectivity index (χ0v) is 17.6. The number of thioether (sulfide) groups is 1. The molecule has 0 bridgehead atoms. The zero-order valence-electron chi connectivity index (χ0n) is 16.0. The Balaban J connectivity index is 1.82. The van der Waals surface area contributed by atoms with Gasteiger partial charge in [0.1, 0.15) is 4.83 Å². The second kappa shape index (κ2) is 8.27. The van der Waals surface area contributed by atoms with Crippen molar-refractivity contribution in [2.75, 3.05) is 11.1 Å². The van der Waals surface area contributed by atoms with Gasteiger partial charge in [-0.3, -0.25) is 14.2 Å². The Bertz CT molecular complexity index is 1050. The van der Waals surface area contributed by atoms with Gasteiger partial charge in [0, 0.05) is 17.1 Å². The second-order valence-corrected chi connectivity index (χ2v) is 8.40. The predicted octanol–water partition coefficient (Wildman–Crippen LogP) is 4.39. The van der Waals surface area contributed by atoms with Crippen molar-refractivity contribution in [3.05, 3.63) is 50.6 Å². The van der Waals surface area contributed by atoms with E-state index in [0.29, 0.717) is 17.1 Å². The number of aryl methyl sites for hydroxylation is 3. The summed E-state index contributed by atoms with van der Waals surface area (Å²) in [6, 6.07) is 7.79. The number of amides is 1. The fourth-order valence-electron chi connectivity index (χ4n) is 2.96. The van der Waals surface area contributed by atoms with Crippen molar-refractivity contribution in [3.63, 3.8) is 0 Å². The summed E-state index contributed by atoms with van der Waals surface area (Å²) in [6.45, 7) is 8.47. The van der Waals surface area contributed by atoms with Crippen LogP contribution in [0, 0.1) is 13.8 Å². The third kappa shape index (κ3) is 3.94. The highest BCUT2D eigenvalue weighted by Crippen LogP contribution is 2.28. The minimum atomic E-state index is -0.101. The molecule has 3 aromatic rings. The Morgan fingerprint density at radius 3 is 2.70 bits per heavy atom. The summed E-state index contributed by atoms with van der Waals surface area (Å²) in [5.74, 6) is 0.107. The molecule has 142 valence electrons. The number of para-hydroxylation sites is 1. The van der Waals surface area contributed by atoms with Crippen LogP contribution in [0.1, 0.15) is 29.9 Å². The van der Waals surface area contributed by atoms with Crippen LogP contribution in [0.3, 0.4) is 0 Å². The molecule has 0 unspecified atom stereocenters. The lowest BCUT2D eigenvalue weighted by Crippen LogP contribution is -2.23. The second-order valence-electron chi connectivity index (χ2n) is 6.25. The van der Waals surface area contributed by atoms with Gasteiger partial charge in [-0.15, -0.1) is 11.3 Å². The summed E-state index contributed by atoms with van der Waals surface area (Å²) >= 11 is 2.83. The maximum absolute atomic E-state index is 12.8. The van der Waals surface area contributed by atoms with Crippen LogP contribution in [-0.2, 0) is 17.8 Å². The van der Waals surface area contributed by atoms with Crippen molar-refractivity contribution < 1.29 is 4.79 Å². The van der Waals surface area contributed by atoms with Gasteiger partial charge >= 0.3 is 0 Å². The summed E-state index contributed by atoms with van der Waals surface area (Å²) in [4.78, 5) is 31.8. The fraction of sp³-hybridized carbons (Fsp3) is 0.350. The summed E-state index contributed by atoms with van der Waals surface area (Å²) in [6.07, 6.45) is 0.855. The Hall–Kier alpha value is -2.12. The number of aromatic nitrogens is 2. The molecule has 0 saturated heterocycles. The van der Waals surface area contributed by atoms with Crippen molar-refractivity contribution in [3.8, 4) is 0 Å². The number of benzene rings is 1. The molecular formula is C20H23N3O2S2. The first kappa shape index (κ1) is 19.6. The predicted molar refractivity (Wildman–Crippen MR) is 114 cm³/mol. The van der Waals surface area contributed by atoms with E-state index in [1.54, 1.807) is 4.57 Å². The van der Waals surface area contributed by atoms with E-state index >= 15 is 0 Å². The highest BCUT2D eigenvalue weighted by Gasteiger charge is 2.17. The van der Waals surface area contributed by atoms with Gasteiger partial charge in [-0.25, -0.2) is 4.98 Å². The van der Waals surface area contributed by atoms with Gasteiger partial charge in [0.05, 0.1) is 11.1 Å². The van der Waals surface area contributed by atoms with Gasteiger partial charge in [-0.2, -0.15) is 0 Å². The van der Waals surface area contributed by atoms with Crippen molar-refractivity contribution in [2.24, 2.45) is 0 Å². The monoisotopic (exact) mass is 401 g/mol. The first-order valence-corrected chi connectivity index (χ1v) is 10.8. The normalized spacial score (nSPS) is 11.1. The van der Waals surface area contributed by atoms with Gasteiger partial charge in [0.15, 0.2) is 5.16 Å². The van der Waals surface area contributed by atoms with Crippen LogP contribution in [0.4, 0.5) is 5.69 Å². The topological polar surface area (TPSA) is 64.0 Å². The van der Waals surface area contributed by atoms with Crippen LogP contribution in [0.25, 0.3) is 10.2 Å². The molecule has 0 spiro atoms. The van der Waals surface area contributed by atoms with Gasteiger partial charge in [-0.05, 0) is 44.4 Å². The quantitative estimate of drug-likeness (QED) is 0.491. The molecule has 27 heavy (non-hydrogen) atoms. The molecule has 7 heteroatoms. The lowest BCUT2D eigenvalue weighted by atomic mass is 10.1. The smallest absolute Gasteiger partial charge is 0.263 e. The van der Waals surface area contributed by atoms with E-state index in [2.05, 4.69) is 17.2 Å². The lowest BCUT2D eigenvalue weighted by Gasteiger charge is -2.11. The van der Waals surface area contributed by atoms with E-state index in [-0.39, 0.29) is 17.2 Å². The van der Waals surface area contributed by atoms with Gasteiger partial charge in [0.25, 0.3) is 5.56 Å². The molecule has 1 aromatic carbocycles. The zero-order chi connectivity index (χ0) is 19.6. The molecule has 5 nitrogen and oxygen atoms in total. The van der Waals surface area contributed by atoms with Gasteiger partial charge in [0.2, 0.25) is 5.91 Å². The van der Waals surface area contributed by atoms with E-state index in [1.165, 1.54) is 23.1 Å². The summed E-state index contributed by atoms with van der Waals surface area (Å²) < 4.78 is 1.65. The molecule has 3 rings (SSSR count). The third-order valence-electron chi connectivity index (χ3n) is 4.57. The maximum atomic E-state index is 12.8. The fourth-order valence-corrected chi connectivity index (χ4v) is 4.90. The molecular weight excluding hydrogens is 378 g/mol. The number of rotatable bonds is 6. The molecule has 2 heterocycles. The minimum Gasteiger partial charge on any atom is -0.325 e. The van der Waals surface area contributed by atoms with E-state index < -0.39 is 0 Å². The van der Waals surface area contributed by atoms with Crippen molar-refractivity contribution in [2.45, 2.75) is 45.8 Å². The van der Waals surface area contributed by atoms with Crippen LogP contribution in [-0.4, -0.2) is 21.2 Å².